The minimum Gasteiger partial charge on any atom is -0.275 e. The fraction of sp³-hybridized carbons (Fsp3) is 0.125. The summed E-state index contributed by atoms with van der Waals surface area (Å²) in [5.74, 6) is 0. The lowest BCUT2D eigenvalue weighted by Crippen LogP contribution is -1.99. The van der Waals surface area contributed by atoms with Gasteiger partial charge in [-0.2, -0.15) is 5.26 Å². The van der Waals surface area contributed by atoms with Gasteiger partial charge < -0.3 is 0 Å². The van der Waals surface area contributed by atoms with Crippen LogP contribution in [0.1, 0.15) is 21.6 Å². The highest BCUT2D eigenvalue weighted by atomic mass is 35.5. The zero-order chi connectivity index (χ0) is 10.0. The Morgan fingerprint density at radius 3 is 2.77 bits per heavy atom. The molecule has 1 aromatic heterocycles. The molecule has 0 radical (unpaired) electrons. The number of hydrogen-bond acceptors (Lipinski definition) is 3. The van der Waals surface area contributed by atoms with Crippen molar-refractivity contribution in [3.05, 3.63) is 28.0 Å². The highest BCUT2D eigenvalue weighted by Gasteiger charge is 2.15. The van der Waals surface area contributed by atoms with Crippen LogP contribution in [0.25, 0.3) is 0 Å². The van der Waals surface area contributed by atoms with Gasteiger partial charge in [-0.3, -0.25) is 9.78 Å². The normalized spacial score (nSPS) is 9.38. The van der Waals surface area contributed by atoms with E-state index < -0.39 is 5.24 Å². The number of carbonyl (C=O) groups is 1. The van der Waals surface area contributed by atoms with E-state index in [4.69, 9.17) is 28.5 Å². The molecule has 66 valence electrons. The third-order valence-corrected chi connectivity index (χ3v) is 2.10. The van der Waals surface area contributed by atoms with Crippen molar-refractivity contribution in [3.63, 3.8) is 0 Å². The van der Waals surface area contributed by atoms with Gasteiger partial charge in [0.2, 0.25) is 0 Å². The lowest BCUT2D eigenvalue weighted by molar-refractivity contribution is 0.108. The van der Waals surface area contributed by atoms with Crippen LogP contribution in [0.15, 0.2) is 6.20 Å². The number of halogens is 2. The fourth-order valence-electron chi connectivity index (χ4n) is 0.883. The van der Waals surface area contributed by atoms with Crippen molar-refractivity contribution in [2.45, 2.75) is 6.92 Å². The fourth-order valence-corrected chi connectivity index (χ4v) is 1.48. The molecule has 0 spiro atoms. The Labute approximate surface area is 84.9 Å². The molecule has 0 bridgehead atoms. The summed E-state index contributed by atoms with van der Waals surface area (Å²) in [6.07, 6.45) is 1.31. The number of carbonyl (C=O) groups excluding carboxylic acids is 1. The van der Waals surface area contributed by atoms with Crippen molar-refractivity contribution >= 4 is 28.4 Å². The highest BCUT2D eigenvalue weighted by Crippen LogP contribution is 2.23. The van der Waals surface area contributed by atoms with Gasteiger partial charge in [0.15, 0.2) is 0 Å². The van der Waals surface area contributed by atoms with Crippen LogP contribution >= 0.6 is 23.2 Å². The van der Waals surface area contributed by atoms with Crippen LogP contribution in [0.5, 0.6) is 0 Å². The Hall–Kier alpha value is -1.11. The van der Waals surface area contributed by atoms with Crippen LogP contribution < -0.4 is 0 Å². The molecule has 1 heterocycles. The maximum atomic E-state index is 10.9. The predicted molar refractivity (Wildman–Crippen MR) is 48.9 cm³/mol. The summed E-state index contributed by atoms with van der Waals surface area (Å²) in [6.45, 7) is 1.60. The molecule has 0 amide bonds. The molecule has 0 aliphatic heterocycles. The smallest absolute Gasteiger partial charge is 0.255 e. The molecule has 0 fully saturated rings. The predicted octanol–water partition coefficient (Wildman–Crippen LogP) is 2.29. The maximum absolute atomic E-state index is 10.9. The summed E-state index contributed by atoms with van der Waals surface area (Å²) in [5.41, 5.74) is 0.669. The molecule has 1 aromatic rings. The minimum absolute atomic E-state index is 0.0648. The van der Waals surface area contributed by atoms with E-state index in [0.29, 0.717) is 5.69 Å². The van der Waals surface area contributed by atoms with Gasteiger partial charge in [0.1, 0.15) is 6.07 Å². The standard InChI is InChI=1S/C8H4Cl2N2O/c1-4-6(8(10)13)7(9)5(2-11)3-12-4/h3H,1H3. The molecule has 0 N–H and O–H groups in total. The molecular weight excluding hydrogens is 211 g/mol. The van der Waals surface area contributed by atoms with Crippen molar-refractivity contribution in [1.82, 2.24) is 4.98 Å². The molecule has 5 heteroatoms. The van der Waals surface area contributed by atoms with E-state index >= 15 is 0 Å². The van der Waals surface area contributed by atoms with E-state index in [1.54, 1.807) is 6.92 Å². The average molecular weight is 215 g/mol. The van der Waals surface area contributed by atoms with Gasteiger partial charge in [-0.1, -0.05) is 11.6 Å². The molecule has 0 aliphatic carbocycles. The topological polar surface area (TPSA) is 53.8 Å². The Bertz CT molecular complexity index is 409. The van der Waals surface area contributed by atoms with E-state index in [1.807, 2.05) is 6.07 Å². The number of pyridine rings is 1. The van der Waals surface area contributed by atoms with Crippen LogP contribution in [0, 0.1) is 18.3 Å². The highest BCUT2D eigenvalue weighted by molar-refractivity contribution is 6.69. The van der Waals surface area contributed by atoms with Crippen molar-refractivity contribution in [2.24, 2.45) is 0 Å². The van der Waals surface area contributed by atoms with Crippen LogP contribution in [0.4, 0.5) is 0 Å². The molecule has 0 aliphatic rings. The number of aryl methyl sites for hydroxylation is 1. The quantitative estimate of drug-likeness (QED) is 0.675. The molecule has 3 nitrogen and oxygen atoms in total. The second kappa shape index (κ2) is 3.73. The lowest BCUT2D eigenvalue weighted by atomic mass is 10.1. The second-order valence-electron chi connectivity index (χ2n) is 2.33. The van der Waals surface area contributed by atoms with E-state index in [-0.39, 0.29) is 16.1 Å². The van der Waals surface area contributed by atoms with Gasteiger partial charge in [-0.25, -0.2) is 0 Å². The van der Waals surface area contributed by atoms with Crippen molar-refractivity contribution in [3.8, 4) is 6.07 Å². The van der Waals surface area contributed by atoms with Gasteiger partial charge in [0.25, 0.3) is 5.24 Å². The molecule has 0 unspecified atom stereocenters. The molecule has 0 aromatic carbocycles. The van der Waals surface area contributed by atoms with Crippen LogP contribution in [-0.4, -0.2) is 10.2 Å². The Balaban J connectivity index is 3.50. The summed E-state index contributed by atoms with van der Waals surface area (Å²) >= 11 is 11.0. The van der Waals surface area contributed by atoms with Crippen LogP contribution in [0.3, 0.4) is 0 Å². The Kier molecular flexibility index (Phi) is 2.86. The van der Waals surface area contributed by atoms with Gasteiger partial charge in [-0.05, 0) is 18.5 Å². The summed E-state index contributed by atoms with van der Waals surface area (Å²) in [6, 6.07) is 1.81. The van der Waals surface area contributed by atoms with Gasteiger partial charge >= 0.3 is 0 Å². The van der Waals surface area contributed by atoms with E-state index in [2.05, 4.69) is 4.98 Å². The zero-order valence-corrected chi connectivity index (χ0v) is 8.15. The number of rotatable bonds is 1. The monoisotopic (exact) mass is 214 g/mol. The summed E-state index contributed by atoms with van der Waals surface area (Å²) in [5, 5.41) is 7.95. The third kappa shape index (κ3) is 1.80. The van der Waals surface area contributed by atoms with Gasteiger partial charge in [-0.15, -0.1) is 0 Å². The Morgan fingerprint density at radius 1 is 1.69 bits per heavy atom. The van der Waals surface area contributed by atoms with E-state index in [9.17, 15) is 4.79 Å². The molecule has 13 heavy (non-hydrogen) atoms. The van der Waals surface area contributed by atoms with Gasteiger partial charge in [0.05, 0.1) is 21.8 Å². The largest absolute Gasteiger partial charge is 0.275 e. The maximum Gasteiger partial charge on any atom is 0.255 e. The summed E-state index contributed by atoms with van der Waals surface area (Å²) < 4.78 is 0. The third-order valence-electron chi connectivity index (χ3n) is 1.52. The number of nitriles is 1. The Morgan fingerprint density at radius 2 is 2.31 bits per heavy atom. The number of nitrogens with zero attached hydrogens (tertiary/aromatic N) is 2. The van der Waals surface area contributed by atoms with Crippen LogP contribution in [-0.2, 0) is 0 Å². The first-order valence-electron chi connectivity index (χ1n) is 3.33. The SMILES string of the molecule is Cc1ncc(C#N)c(Cl)c1C(=O)Cl. The average Bonchev–Trinajstić information content (AvgIpc) is 2.04. The van der Waals surface area contributed by atoms with Crippen molar-refractivity contribution < 1.29 is 4.79 Å². The molecule has 1 rings (SSSR count). The molecule has 0 atom stereocenters. The number of aromatic nitrogens is 1. The number of hydrogen-bond donors (Lipinski definition) is 0. The molecular formula is C8H4Cl2N2O. The first-order chi connectivity index (χ1) is 6.07. The lowest BCUT2D eigenvalue weighted by Gasteiger charge is -2.02. The summed E-state index contributed by atoms with van der Waals surface area (Å²) in [4.78, 5) is 14.7. The molecule has 0 saturated carbocycles. The summed E-state index contributed by atoms with van der Waals surface area (Å²) in [7, 11) is 0. The van der Waals surface area contributed by atoms with Crippen molar-refractivity contribution in [2.75, 3.05) is 0 Å². The minimum atomic E-state index is -0.702. The zero-order valence-electron chi connectivity index (χ0n) is 6.64. The first-order valence-corrected chi connectivity index (χ1v) is 4.08. The van der Waals surface area contributed by atoms with Crippen LogP contribution in [0.2, 0.25) is 5.02 Å². The first kappa shape index (κ1) is 9.97. The molecule has 0 saturated heterocycles. The van der Waals surface area contributed by atoms with E-state index in [1.165, 1.54) is 6.20 Å². The van der Waals surface area contributed by atoms with Gasteiger partial charge in [0, 0.05) is 6.20 Å². The van der Waals surface area contributed by atoms with Crippen molar-refractivity contribution in [1.29, 1.82) is 5.26 Å². The van der Waals surface area contributed by atoms with E-state index in [0.717, 1.165) is 0 Å². The second-order valence-corrected chi connectivity index (χ2v) is 3.05.